The van der Waals surface area contributed by atoms with Crippen LogP contribution in [0.15, 0.2) is 48.8 Å². The van der Waals surface area contributed by atoms with E-state index in [2.05, 4.69) is 0 Å². The van der Waals surface area contributed by atoms with Crippen molar-refractivity contribution in [2.45, 2.75) is 32.9 Å². The van der Waals surface area contributed by atoms with E-state index in [1.54, 1.807) is 0 Å². The molecule has 0 amide bonds. The summed E-state index contributed by atoms with van der Waals surface area (Å²) in [6, 6.07) is 12.1. The molecule has 0 N–H and O–H groups in total. The van der Waals surface area contributed by atoms with E-state index in [1.165, 1.54) is 0 Å². The fourth-order valence-corrected chi connectivity index (χ4v) is 1.86. The van der Waals surface area contributed by atoms with Crippen LogP contribution in [0.5, 0.6) is 0 Å². The number of ether oxygens (including phenoxy) is 1. The van der Waals surface area contributed by atoms with Crippen molar-refractivity contribution in [3.63, 3.8) is 0 Å². The molecule has 0 fully saturated rings. The van der Waals surface area contributed by atoms with E-state index in [0.29, 0.717) is 0 Å². The second kappa shape index (κ2) is 5.31. The molecule has 0 radical (unpaired) electrons. The van der Waals surface area contributed by atoms with Crippen LogP contribution in [0, 0.1) is 0 Å². The average molecular weight is 257 g/mol. The lowest BCUT2D eigenvalue weighted by Crippen LogP contribution is -2.26. The van der Waals surface area contributed by atoms with Crippen molar-refractivity contribution in [2.75, 3.05) is 0 Å². The number of carbonyl (C=O) groups excluding carboxylic acids is 1. The number of rotatable bonds is 3. The molecule has 1 heterocycles. The van der Waals surface area contributed by atoms with E-state index in [9.17, 15) is 4.79 Å². The van der Waals surface area contributed by atoms with E-state index in [1.807, 2.05) is 74.1 Å². The molecule has 0 bridgehead atoms. The molecule has 100 valence electrons. The van der Waals surface area contributed by atoms with E-state index in [-0.39, 0.29) is 12.5 Å². The van der Waals surface area contributed by atoms with Gasteiger partial charge in [0, 0.05) is 12.4 Å². The van der Waals surface area contributed by atoms with Gasteiger partial charge in [-0.2, -0.15) is 0 Å². The Kier molecular flexibility index (Phi) is 3.74. The average Bonchev–Trinajstić information content (AvgIpc) is 2.76. The second-order valence-electron chi connectivity index (χ2n) is 5.52. The molecule has 0 spiro atoms. The Morgan fingerprint density at radius 3 is 2.42 bits per heavy atom. The lowest BCUT2D eigenvalue weighted by Gasteiger charge is -2.19. The highest BCUT2D eigenvalue weighted by Crippen LogP contribution is 2.19. The summed E-state index contributed by atoms with van der Waals surface area (Å²) < 4.78 is 7.14. The molecule has 0 unspecified atom stereocenters. The molecule has 0 aliphatic rings. The fraction of sp³-hybridized carbons (Fsp3) is 0.312. The first-order chi connectivity index (χ1) is 8.94. The number of nitrogens with zero attached hydrogens (tertiary/aromatic N) is 1. The minimum atomic E-state index is -0.438. The normalized spacial score (nSPS) is 11.3. The molecule has 0 saturated heterocycles. The summed E-state index contributed by atoms with van der Waals surface area (Å²) in [6.07, 6.45) is 3.85. The van der Waals surface area contributed by atoms with Crippen molar-refractivity contribution in [1.82, 2.24) is 4.57 Å². The molecular weight excluding hydrogens is 238 g/mol. The first-order valence-corrected chi connectivity index (χ1v) is 6.37. The van der Waals surface area contributed by atoms with Gasteiger partial charge in [-0.25, -0.2) is 0 Å². The third-order valence-electron chi connectivity index (χ3n) is 2.59. The molecule has 0 aliphatic carbocycles. The first kappa shape index (κ1) is 13.4. The predicted molar refractivity (Wildman–Crippen MR) is 75.7 cm³/mol. The zero-order chi connectivity index (χ0) is 13.9. The van der Waals surface area contributed by atoms with E-state index in [4.69, 9.17) is 4.74 Å². The summed E-state index contributed by atoms with van der Waals surface area (Å²) in [7, 11) is 0. The summed E-state index contributed by atoms with van der Waals surface area (Å²) in [6.45, 7) is 5.85. The molecule has 1 aromatic carbocycles. The predicted octanol–water partition coefficient (Wildman–Crippen LogP) is 3.50. The summed E-state index contributed by atoms with van der Waals surface area (Å²) in [5.74, 6) is -0.220. The molecule has 19 heavy (non-hydrogen) atoms. The Morgan fingerprint density at radius 1 is 1.11 bits per heavy atom. The Bertz CT molecular complexity index is 550. The lowest BCUT2D eigenvalue weighted by molar-refractivity contribution is -0.155. The largest absolute Gasteiger partial charge is 0.459 e. The van der Waals surface area contributed by atoms with E-state index in [0.717, 1.165) is 11.1 Å². The first-order valence-electron chi connectivity index (χ1n) is 6.37. The SMILES string of the molecule is CC(C)(C)OC(=O)Cn1ccc(-c2ccccc2)c1. The summed E-state index contributed by atoms with van der Waals surface area (Å²) in [4.78, 5) is 11.7. The van der Waals surface area contributed by atoms with Crippen molar-refractivity contribution in [3.8, 4) is 11.1 Å². The van der Waals surface area contributed by atoms with Crippen LogP contribution in [-0.2, 0) is 16.1 Å². The molecule has 1 aromatic heterocycles. The summed E-state index contributed by atoms with van der Waals surface area (Å²) in [5, 5.41) is 0. The van der Waals surface area contributed by atoms with Crippen LogP contribution in [0.1, 0.15) is 20.8 Å². The number of hydrogen-bond acceptors (Lipinski definition) is 2. The molecule has 0 saturated carbocycles. The molecule has 0 atom stereocenters. The van der Waals surface area contributed by atoms with E-state index >= 15 is 0 Å². The maximum absolute atomic E-state index is 11.7. The third kappa shape index (κ3) is 3.98. The lowest BCUT2D eigenvalue weighted by atomic mass is 10.1. The number of esters is 1. The van der Waals surface area contributed by atoms with Crippen LogP contribution >= 0.6 is 0 Å². The van der Waals surface area contributed by atoms with Crippen LogP contribution in [0.2, 0.25) is 0 Å². The summed E-state index contributed by atoms with van der Waals surface area (Å²) in [5.41, 5.74) is 1.81. The Hall–Kier alpha value is -2.03. The topological polar surface area (TPSA) is 31.2 Å². The van der Waals surface area contributed by atoms with Gasteiger partial charge >= 0.3 is 5.97 Å². The second-order valence-corrected chi connectivity index (χ2v) is 5.52. The van der Waals surface area contributed by atoms with Gasteiger partial charge in [0.1, 0.15) is 12.1 Å². The molecular formula is C16H19NO2. The highest BCUT2D eigenvalue weighted by Gasteiger charge is 2.16. The minimum Gasteiger partial charge on any atom is -0.459 e. The van der Waals surface area contributed by atoms with Gasteiger partial charge in [-0.15, -0.1) is 0 Å². The molecule has 3 heteroatoms. The Balaban J connectivity index is 2.04. The zero-order valence-electron chi connectivity index (χ0n) is 11.6. The summed E-state index contributed by atoms with van der Waals surface area (Å²) >= 11 is 0. The van der Waals surface area contributed by atoms with Gasteiger partial charge in [0.2, 0.25) is 0 Å². The quantitative estimate of drug-likeness (QED) is 0.788. The van der Waals surface area contributed by atoms with Crippen molar-refractivity contribution in [2.24, 2.45) is 0 Å². The van der Waals surface area contributed by atoms with Gasteiger partial charge in [-0.3, -0.25) is 4.79 Å². The van der Waals surface area contributed by atoms with Crippen molar-refractivity contribution < 1.29 is 9.53 Å². The van der Waals surface area contributed by atoms with Gasteiger partial charge in [0.25, 0.3) is 0 Å². The number of carbonyl (C=O) groups is 1. The standard InChI is InChI=1S/C16H19NO2/c1-16(2,3)19-15(18)12-17-10-9-14(11-17)13-7-5-4-6-8-13/h4-11H,12H2,1-3H3. The van der Waals surface area contributed by atoms with Gasteiger partial charge in [-0.05, 0) is 38.0 Å². The van der Waals surface area contributed by atoms with Crippen LogP contribution in [-0.4, -0.2) is 16.1 Å². The third-order valence-corrected chi connectivity index (χ3v) is 2.59. The monoisotopic (exact) mass is 257 g/mol. The van der Waals surface area contributed by atoms with E-state index < -0.39 is 5.60 Å². The van der Waals surface area contributed by atoms with Gasteiger partial charge < -0.3 is 9.30 Å². The smallest absolute Gasteiger partial charge is 0.326 e. The van der Waals surface area contributed by atoms with Crippen molar-refractivity contribution in [3.05, 3.63) is 48.8 Å². The number of benzene rings is 1. The van der Waals surface area contributed by atoms with Gasteiger partial charge in [0.05, 0.1) is 0 Å². The molecule has 2 aromatic rings. The highest BCUT2D eigenvalue weighted by atomic mass is 16.6. The number of aromatic nitrogens is 1. The van der Waals surface area contributed by atoms with Crippen molar-refractivity contribution in [1.29, 1.82) is 0 Å². The maximum atomic E-state index is 11.7. The van der Waals surface area contributed by atoms with Crippen LogP contribution < -0.4 is 0 Å². The maximum Gasteiger partial charge on any atom is 0.326 e. The van der Waals surface area contributed by atoms with Crippen LogP contribution in [0.4, 0.5) is 0 Å². The Morgan fingerprint density at radius 2 is 1.79 bits per heavy atom. The van der Waals surface area contributed by atoms with Crippen molar-refractivity contribution >= 4 is 5.97 Å². The number of hydrogen-bond donors (Lipinski definition) is 0. The van der Waals surface area contributed by atoms with Crippen LogP contribution in [0.3, 0.4) is 0 Å². The Labute approximate surface area is 113 Å². The minimum absolute atomic E-state index is 0.220. The highest BCUT2D eigenvalue weighted by molar-refractivity contribution is 5.70. The molecule has 2 rings (SSSR count). The van der Waals surface area contributed by atoms with Gasteiger partial charge in [0.15, 0.2) is 0 Å². The van der Waals surface area contributed by atoms with Crippen LogP contribution in [0.25, 0.3) is 11.1 Å². The molecule has 3 nitrogen and oxygen atoms in total. The molecule has 0 aliphatic heterocycles. The zero-order valence-corrected chi connectivity index (χ0v) is 11.6. The van der Waals surface area contributed by atoms with Gasteiger partial charge in [-0.1, -0.05) is 30.3 Å². The fourth-order valence-electron chi connectivity index (χ4n) is 1.86.